The van der Waals surface area contributed by atoms with Gasteiger partial charge in [-0.3, -0.25) is 9.67 Å². The quantitative estimate of drug-likeness (QED) is 0.878. The minimum atomic E-state index is 0.116. The standard InChI is InChI=1S/C15H22N4O/c1-11(2)19-15(14(20-4)10-18-19)13(16-3)9-12-7-5-6-8-17-12/h5-8,10-11,13,16H,9H2,1-4H3. The molecule has 5 nitrogen and oxygen atoms in total. The smallest absolute Gasteiger partial charge is 0.161 e. The molecule has 0 aliphatic heterocycles. The third-order valence-corrected chi connectivity index (χ3v) is 3.33. The molecule has 2 aromatic heterocycles. The lowest BCUT2D eigenvalue weighted by molar-refractivity contribution is 0.387. The van der Waals surface area contributed by atoms with E-state index in [1.165, 1.54) is 0 Å². The maximum Gasteiger partial charge on any atom is 0.161 e. The van der Waals surface area contributed by atoms with E-state index in [1.807, 2.05) is 36.1 Å². The second-order valence-corrected chi connectivity index (χ2v) is 5.00. The van der Waals surface area contributed by atoms with Gasteiger partial charge in [0.15, 0.2) is 5.75 Å². The van der Waals surface area contributed by atoms with E-state index in [2.05, 4.69) is 29.2 Å². The van der Waals surface area contributed by atoms with E-state index in [9.17, 15) is 0 Å². The minimum absolute atomic E-state index is 0.116. The number of hydrogen-bond donors (Lipinski definition) is 1. The molecular weight excluding hydrogens is 252 g/mol. The van der Waals surface area contributed by atoms with Crippen molar-refractivity contribution in [2.24, 2.45) is 0 Å². The van der Waals surface area contributed by atoms with Gasteiger partial charge in [0.05, 0.1) is 25.0 Å². The fourth-order valence-corrected chi connectivity index (χ4v) is 2.32. The third kappa shape index (κ3) is 2.99. The predicted molar refractivity (Wildman–Crippen MR) is 78.9 cm³/mol. The zero-order chi connectivity index (χ0) is 14.5. The summed E-state index contributed by atoms with van der Waals surface area (Å²) in [7, 11) is 3.63. The summed E-state index contributed by atoms with van der Waals surface area (Å²) in [6, 6.07) is 6.37. The van der Waals surface area contributed by atoms with E-state index in [0.717, 1.165) is 23.6 Å². The van der Waals surface area contributed by atoms with Crippen LogP contribution in [0.3, 0.4) is 0 Å². The molecule has 0 radical (unpaired) electrons. The normalized spacial score (nSPS) is 12.7. The van der Waals surface area contributed by atoms with Gasteiger partial charge in [0.25, 0.3) is 0 Å². The highest BCUT2D eigenvalue weighted by molar-refractivity contribution is 5.30. The molecule has 1 unspecified atom stereocenters. The Balaban J connectivity index is 2.33. The molecule has 2 rings (SSSR count). The highest BCUT2D eigenvalue weighted by Crippen LogP contribution is 2.29. The van der Waals surface area contributed by atoms with Crippen LogP contribution in [-0.4, -0.2) is 28.9 Å². The van der Waals surface area contributed by atoms with E-state index >= 15 is 0 Å². The second kappa shape index (κ2) is 6.52. The molecule has 0 aliphatic carbocycles. The largest absolute Gasteiger partial charge is 0.493 e. The second-order valence-electron chi connectivity index (χ2n) is 5.00. The van der Waals surface area contributed by atoms with Crippen molar-refractivity contribution in [3.63, 3.8) is 0 Å². The number of ether oxygens (including phenoxy) is 1. The van der Waals surface area contributed by atoms with Gasteiger partial charge in [0.1, 0.15) is 0 Å². The number of hydrogen-bond acceptors (Lipinski definition) is 4. The number of likely N-dealkylation sites (N-methyl/N-ethyl adjacent to an activating group) is 1. The predicted octanol–water partition coefficient (Wildman–Crippen LogP) is 2.37. The van der Waals surface area contributed by atoms with E-state index in [-0.39, 0.29) is 12.1 Å². The van der Waals surface area contributed by atoms with Gasteiger partial charge >= 0.3 is 0 Å². The van der Waals surface area contributed by atoms with Crippen molar-refractivity contribution in [2.45, 2.75) is 32.4 Å². The minimum Gasteiger partial charge on any atom is -0.493 e. The summed E-state index contributed by atoms with van der Waals surface area (Å²) >= 11 is 0. The fraction of sp³-hybridized carbons (Fsp3) is 0.467. The maximum absolute atomic E-state index is 5.45. The SMILES string of the molecule is CNC(Cc1ccccn1)c1c(OC)cnn1C(C)C. The van der Waals surface area contributed by atoms with Crippen LogP contribution in [0.15, 0.2) is 30.6 Å². The fourth-order valence-electron chi connectivity index (χ4n) is 2.32. The Morgan fingerprint density at radius 3 is 2.70 bits per heavy atom. The monoisotopic (exact) mass is 274 g/mol. The van der Waals surface area contributed by atoms with Gasteiger partial charge in [0.2, 0.25) is 0 Å². The van der Waals surface area contributed by atoms with Gasteiger partial charge in [-0.25, -0.2) is 0 Å². The zero-order valence-electron chi connectivity index (χ0n) is 12.5. The first-order valence-electron chi connectivity index (χ1n) is 6.86. The molecule has 0 spiro atoms. The highest BCUT2D eigenvalue weighted by Gasteiger charge is 2.22. The Hall–Kier alpha value is -1.88. The zero-order valence-corrected chi connectivity index (χ0v) is 12.5. The molecule has 108 valence electrons. The Labute approximate surface area is 120 Å². The van der Waals surface area contributed by atoms with Crippen LogP contribution in [0, 0.1) is 0 Å². The molecule has 0 saturated heterocycles. The Morgan fingerprint density at radius 1 is 1.35 bits per heavy atom. The van der Waals surface area contributed by atoms with Crippen LogP contribution in [0.25, 0.3) is 0 Å². The van der Waals surface area contributed by atoms with E-state index in [0.29, 0.717) is 0 Å². The Bertz CT molecular complexity index is 536. The van der Waals surface area contributed by atoms with Crippen molar-refractivity contribution in [3.8, 4) is 5.75 Å². The van der Waals surface area contributed by atoms with E-state index < -0.39 is 0 Å². The van der Waals surface area contributed by atoms with Gasteiger partial charge in [-0.05, 0) is 33.0 Å². The van der Waals surface area contributed by atoms with Gasteiger partial charge in [-0.15, -0.1) is 0 Å². The molecule has 0 saturated carbocycles. The average molecular weight is 274 g/mol. The summed E-state index contributed by atoms with van der Waals surface area (Å²) in [5.41, 5.74) is 2.11. The van der Waals surface area contributed by atoms with Gasteiger partial charge < -0.3 is 10.1 Å². The molecule has 0 bridgehead atoms. The number of aromatic nitrogens is 3. The number of methoxy groups -OCH3 is 1. The molecule has 0 aromatic carbocycles. The number of nitrogens with zero attached hydrogens (tertiary/aromatic N) is 3. The summed E-state index contributed by atoms with van der Waals surface area (Å²) in [6.07, 6.45) is 4.39. The van der Waals surface area contributed by atoms with Crippen molar-refractivity contribution in [3.05, 3.63) is 42.0 Å². The van der Waals surface area contributed by atoms with Crippen molar-refractivity contribution >= 4 is 0 Å². The maximum atomic E-state index is 5.45. The summed E-state index contributed by atoms with van der Waals surface area (Å²) in [6.45, 7) is 4.23. The van der Waals surface area contributed by atoms with Gasteiger partial charge in [-0.1, -0.05) is 6.07 Å². The van der Waals surface area contributed by atoms with Crippen LogP contribution in [0.1, 0.15) is 37.3 Å². The number of pyridine rings is 1. The first-order chi connectivity index (χ1) is 9.67. The van der Waals surface area contributed by atoms with Crippen LogP contribution < -0.4 is 10.1 Å². The van der Waals surface area contributed by atoms with Crippen LogP contribution in [-0.2, 0) is 6.42 Å². The molecule has 2 heterocycles. The van der Waals surface area contributed by atoms with Gasteiger partial charge in [-0.2, -0.15) is 5.10 Å². The highest BCUT2D eigenvalue weighted by atomic mass is 16.5. The third-order valence-electron chi connectivity index (χ3n) is 3.33. The van der Waals surface area contributed by atoms with Crippen molar-refractivity contribution in [2.75, 3.05) is 14.2 Å². The van der Waals surface area contributed by atoms with Crippen LogP contribution in [0.2, 0.25) is 0 Å². The topological polar surface area (TPSA) is 52.0 Å². The average Bonchev–Trinajstić information content (AvgIpc) is 2.89. The molecule has 20 heavy (non-hydrogen) atoms. The number of rotatable bonds is 6. The summed E-state index contributed by atoms with van der Waals surface area (Å²) < 4.78 is 7.46. The van der Waals surface area contributed by atoms with Crippen molar-refractivity contribution in [1.82, 2.24) is 20.1 Å². The molecular formula is C15H22N4O. The van der Waals surface area contributed by atoms with Crippen molar-refractivity contribution in [1.29, 1.82) is 0 Å². The molecule has 0 aliphatic rings. The lowest BCUT2D eigenvalue weighted by Crippen LogP contribution is -2.24. The molecule has 1 atom stereocenters. The first kappa shape index (κ1) is 14.5. The number of nitrogens with one attached hydrogen (secondary N) is 1. The Kier molecular flexibility index (Phi) is 4.74. The van der Waals surface area contributed by atoms with Crippen LogP contribution >= 0.6 is 0 Å². The van der Waals surface area contributed by atoms with Crippen LogP contribution in [0.4, 0.5) is 0 Å². The summed E-state index contributed by atoms with van der Waals surface area (Å²) in [4.78, 5) is 4.40. The summed E-state index contributed by atoms with van der Waals surface area (Å²) in [5.74, 6) is 0.814. The summed E-state index contributed by atoms with van der Waals surface area (Å²) in [5, 5.41) is 7.77. The molecule has 5 heteroatoms. The van der Waals surface area contributed by atoms with Gasteiger partial charge in [0, 0.05) is 24.4 Å². The molecule has 2 aromatic rings. The Morgan fingerprint density at radius 2 is 2.15 bits per heavy atom. The molecule has 1 N–H and O–H groups in total. The van der Waals surface area contributed by atoms with Crippen LogP contribution in [0.5, 0.6) is 5.75 Å². The lowest BCUT2D eigenvalue weighted by Gasteiger charge is -2.20. The van der Waals surface area contributed by atoms with E-state index in [4.69, 9.17) is 4.74 Å². The molecule has 0 amide bonds. The lowest BCUT2D eigenvalue weighted by atomic mass is 10.1. The van der Waals surface area contributed by atoms with E-state index in [1.54, 1.807) is 13.3 Å². The first-order valence-corrected chi connectivity index (χ1v) is 6.86. The molecule has 0 fully saturated rings. The van der Waals surface area contributed by atoms with Crippen molar-refractivity contribution < 1.29 is 4.74 Å².